The Morgan fingerprint density at radius 2 is 1.55 bits per heavy atom. The Bertz CT molecular complexity index is 2160. The number of anilines is 2. The third-order valence-electron chi connectivity index (χ3n) is 12.8. The van der Waals surface area contributed by atoms with Gasteiger partial charge in [0.05, 0.1) is 12.7 Å². The first-order valence-electron chi connectivity index (χ1n) is 20.0. The van der Waals surface area contributed by atoms with Crippen molar-refractivity contribution in [1.82, 2.24) is 15.1 Å². The topological polar surface area (TPSA) is 106 Å². The summed E-state index contributed by atoms with van der Waals surface area (Å²) in [6.07, 6.45) is 2.55. The highest BCUT2D eigenvalue weighted by atomic mass is 19.1. The average Bonchev–Trinajstić information content (AvgIpc) is 3.54. The van der Waals surface area contributed by atoms with Crippen LogP contribution in [0.25, 0.3) is 0 Å². The van der Waals surface area contributed by atoms with Crippen molar-refractivity contribution in [1.29, 1.82) is 0 Å². The van der Waals surface area contributed by atoms with Crippen molar-refractivity contribution in [2.75, 3.05) is 55.6 Å². The normalized spacial score (nSPS) is 23.3. The minimum atomic E-state index is -0.600. The van der Waals surface area contributed by atoms with Gasteiger partial charge in [-0.25, -0.2) is 4.39 Å². The smallest absolute Gasteiger partial charge is 0.255 e. The number of nitrogens with zero attached hydrogens (tertiary/aromatic N) is 4. The number of benzene rings is 4. The van der Waals surface area contributed by atoms with Crippen molar-refractivity contribution in [2.45, 2.75) is 63.8 Å². The number of imide groups is 1. The number of aromatic hydroxyl groups is 1. The molecule has 0 saturated carbocycles. The monoisotopic (exact) mass is 757 g/mol. The minimum absolute atomic E-state index is 0.136. The van der Waals surface area contributed by atoms with Crippen LogP contribution in [0, 0.1) is 18.7 Å². The van der Waals surface area contributed by atoms with Gasteiger partial charge < -0.3 is 24.5 Å². The molecule has 0 aliphatic carbocycles. The molecule has 56 heavy (non-hydrogen) atoms. The van der Waals surface area contributed by atoms with Gasteiger partial charge in [0.15, 0.2) is 0 Å². The average molecular weight is 758 g/mol. The number of hydrogen-bond donors (Lipinski definition) is 2. The van der Waals surface area contributed by atoms with Crippen molar-refractivity contribution in [3.63, 3.8) is 0 Å². The van der Waals surface area contributed by atoms with E-state index in [0.717, 1.165) is 92.2 Å². The number of ether oxygens (including phenoxy) is 1. The number of halogens is 1. The summed E-state index contributed by atoms with van der Waals surface area (Å²) in [6.45, 7) is 9.50. The number of nitrogens with one attached hydrogen (secondary N) is 1. The number of carbonyl (C=O) groups is 3. The number of hydrogen-bond acceptors (Lipinski definition) is 8. The molecule has 4 aromatic carbocycles. The SMILES string of the molecule is Cc1c(F)cccc1[C@H]1OCc2cc(O)ccc2[C@H]1c1ccc(N2CCC(CN3CCN(c4ccc5c(c4)CN([C@H]4CCC(=O)NC4=O)C5=O)CC3)CC2)cc1. The largest absolute Gasteiger partial charge is 0.508 e. The van der Waals surface area contributed by atoms with Gasteiger partial charge in [0.25, 0.3) is 5.91 Å². The van der Waals surface area contributed by atoms with E-state index in [2.05, 4.69) is 50.3 Å². The Balaban J connectivity index is 0.791. The van der Waals surface area contributed by atoms with Gasteiger partial charge in [-0.1, -0.05) is 30.3 Å². The van der Waals surface area contributed by atoms with Crippen LogP contribution in [0.15, 0.2) is 78.9 Å². The summed E-state index contributed by atoms with van der Waals surface area (Å²) in [5.74, 6) is -0.313. The van der Waals surface area contributed by atoms with E-state index in [0.29, 0.717) is 36.6 Å². The predicted octanol–water partition coefficient (Wildman–Crippen LogP) is 6.04. The van der Waals surface area contributed by atoms with Crippen LogP contribution in [0.2, 0.25) is 0 Å². The van der Waals surface area contributed by atoms with Crippen LogP contribution >= 0.6 is 0 Å². The lowest BCUT2D eigenvalue weighted by Gasteiger charge is -2.40. The molecule has 3 amide bonds. The van der Waals surface area contributed by atoms with Gasteiger partial charge in [-0.2, -0.15) is 0 Å². The second-order valence-electron chi connectivity index (χ2n) is 16.1. The number of fused-ring (bicyclic) bond motifs is 2. The Kier molecular flexibility index (Phi) is 9.75. The van der Waals surface area contributed by atoms with Crippen LogP contribution in [0.1, 0.15) is 81.4 Å². The maximum Gasteiger partial charge on any atom is 0.255 e. The Labute approximate surface area is 326 Å². The summed E-state index contributed by atoms with van der Waals surface area (Å²) in [5, 5.41) is 12.6. The number of rotatable bonds is 7. The van der Waals surface area contributed by atoms with E-state index in [1.165, 1.54) is 11.8 Å². The molecule has 0 radical (unpaired) electrons. The third kappa shape index (κ3) is 6.92. The first-order chi connectivity index (χ1) is 27.2. The summed E-state index contributed by atoms with van der Waals surface area (Å²) in [4.78, 5) is 46.3. The minimum Gasteiger partial charge on any atom is -0.508 e. The molecule has 9 rings (SSSR count). The Hall–Kier alpha value is -5.26. The molecule has 0 aromatic heterocycles. The fraction of sp³-hybridized carbons (Fsp3) is 0.400. The zero-order valence-corrected chi connectivity index (χ0v) is 31.8. The fourth-order valence-corrected chi connectivity index (χ4v) is 9.59. The summed E-state index contributed by atoms with van der Waals surface area (Å²) in [5.41, 5.74) is 8.51. The number of phenolic OH excluding ortho intramolecular Hbond substituents is 1. The molecule has 5 aliphatic heterocycles. The third-order valence-corrected chi connectivity index (χ3v) is 12.8. The lowest BCUT2D eigenvalue weighted by atomic mass is 9.78. The van der Waals surface area contributed by atoms with Crippen molar-refractivity contribution in [2.24, 2.45) is 5.92 Å². The molecule has 3 atom stereocenters. The van der Waals surface area contributed by atoms with Gasteiger partial charge in [-0.3, -0.25) is 24.6 Å². The van der Waals surface area contributed by atoms with Crippen LogP contribution in [0.4, 0.5) is 15.8 Å². The van der Waals surface area contributed by atoms with Gasteiger partial charge in [0, 0.05) is 81.6 Å². The molecule has 0 bridgehead atoms. The van der Waals surface area contributed by atoms with Crippen LogP contribution < -0.4 is 15.1 Å². The van der Waals surface area contributed by atoms with E-state index in [-0.39, 0.29) is 47.7 Å². The molecule has 3 saturated heterocycles. The van der Waals surface area contributed by atoms with Crippen molar-refractivity contribution in [3.8, 4) is 5.75 Å². The first-order valence-corrected chi connectivity index (χ1v) is 20.0. The maximum absolute atomic E-state index is 14.7. The maximum atomic E-state index is 14.7. The van der Waals surface area contributed by atoms with Crippen LogP contribution in [0.5, 0.6) is 5.75 Å². The highest BCUT2D eigenvalue weighted by Crippen LogP contribution is 2.47. The second kappa shape index (κ2) is 15.0. The van der Waals surface area contributed by atoms with E-state index in [1.807, 2.05) is 31.2 Å². The number of piperazine rings is 1. The zero-order chi connectivity index (χ0) is 38.5. The van der Waals surface area contributed by atoms with E-state index in [4.69, 9.17) is 4.74 Å². The Morgan fingerprint density at radius 1 is 0.804 bits per heavy atom. The number of carbonyl (C=O) groups excluding carboxylic acids is 3. The quantitative estimate of drug-likeness (QED) is 0.220. The van der Waals surface area contributed by atoms with Crippen molar-refractivity contribution in [3.05, 3.63) is 124 Å². The highest BCUT2D eigenvalue weighted by Gasteiger charge is 2.40. The van der Waals surface area contributed by atoms with Gasteiger partial charge >= 0.3 is 0 Å². The van der Waals surface area contributed by atoms with Gasteiger partial charge in [-0.15, -0.1) is 0 Å². The molecule has 5 heterocycles. The van der Waals surface area contributed by atoms with Gasteiger partial charge in [0.2, 0.25) is 11.8 Å². The first kappa shape index (κ1) is 36.4. The van der Waals surface area contributed by atoms with Crippen LogP contribution in [-0.4, -0.2) is 84.5 Å². The molecule has 3 fully saturated rings. The molecule has 5 aliphatic rings. The molecule has 0 unspecified atom stereocenters. The van der Waals surface area contributed by atoms with E-state index in [9.17, 15) is 23.9 Å². The molecule has 0 spiro atoms. The zero-order valence-electron chi connectivity index (χ0n) is 31.8. The summed E-state index contributed by atoms with van der Waals surface area (Å²) < 4.78 is 21.1. The molecule has 11 heteroatoms. The molecule has 10 nitrogen and oxygen atoms in total. The summed E-state index contributed by atoms with van der Waals surface area (Å²) in [7, 11) is 0. The van der Waals surface area contributed by atoms with Crippen LogP contribution in [0.3, 0.4) is 0 Å². The number of piperidine rings is 2. The Morgan fingerprint density at radius 3 is 2.32 bits per heavy atom. The van der Waals surface area contributed by atoms with Crippen molar-refractivity contribution < 1.29 is 28.6 Å². The summed E-state index contributed by atoms with van der Waals surface area (Å²) >= 11 is 0. The van der Waals surface area contributed by atoms with E-state index in [1.54, 1.807) is 23.1 Å². The molecule has 4 aromatic rings. The van der Waals surface area contributed by atoms with Crippen molar-refractivity contribution >= 4 is 29.1 Å². The fourth-order valence-electron chi connectivity index (χ4n) is 9.59. The molecule has 290 valence electrons. The van der Waals surface area contributed by atoms with E-state index >= 15 is 0 Å². The second-order valence-corrected chi connectivity index (χ2v) is 16.1. The van der Waals surface area contributed by atoms with Gasteiger partial charge in [-0.05, 0) is 114 Å². The predicted molar refractivity (Wildman–Crippen MR) is 211 cm³/mol. The van der Waals surface area contributed by atoms with Gasteiger partial charge in [0.1, 0.15) is 17.6 Å². The van der Waals surface area contributed by atoms with E-state index < -0.39 is 6.04 Å². The molecular formula is C45H48FN5O5. The number of phenols is 1. The lowest BCUT2D eigenvalue weighted by Crippen LogP contribution is -2.52. The standard InChI is InChI=1S/C45H48FN5O5/c1-28-36(3-2-4-39(28)46)43-42(37-12-10-35(52)24-32(37)27-56-43)30-5-7-33(8-6-30)49-17-15-29(16-18-49)25-48-19-21-50(22-20-48)34-9-11-38-31(23-34)26-51(45(38)55)40-13-14-41(53)47-44(40)54/h2-12,23-24,29,40,42-43,52H,13-22,25-27H2,1H3,(H,47,53,54)/t40-,42+,43+/m0/s1. The molecular weight excluding hydrogens is 710 g/mol. The summed E-state index contributed by atoms with van der Waals surface area (Å²) in [6, 6.07) is 24.9. The van der Waals surface area contributed by atoms with Crippen LogP contribution in [-0.2, 0) is 27.5 Å². The lowest BCUT2D eigenvalue weighted by molar-refractivity contribution is -0.136. The molecule has 2 N–H and O–H groups in total. The number of amides is 3. The highest BCUT2D eigenvalue weighted by molar-refractivity contribution is 6.05.